The van der Waals surface area contributed by atoms with E-state index in [2.05, 4.69) is 34.4 Å². The molecule has 8 heteroatoms. The average Bonchev–Trinajstić information content (AvgIpc) is 3.40. The Kier molecular flexibility index (Phi) is 6.48. The zero-order chi connectivity index (χ0) is 21.8. The molecule has 0 saturated carbocycles. The Morgan fingerprint density at radius 3 is 2.52 bits per heavy atom. The molecule has 1 aromatic carbocycles. The highest BCUT2D eigenvalue weighted by molar-refractivity contribution is 7.14. The SMILES string of the molecule is C[C@@H]1C[C@@H](C)CN(Cc2csc(NC(=O)c3ccc(NC(=O)c4ccco4)cc3)n2)C1. The van der Waals surface area contributed by atoms with Crippen molar-refractivity contribution in [2.75, 3.05) is 23.7 Å². The molecule has 7 nitrogen and oxygen atoms in total. The maximum absolute atomic E-state index is 12.6. The number of anilines is 2. The molecule has 1 aliphatic heterocycles. The summed E-state index contributed by atoms with van der Waals surface area (Å²) >= 11 is 1.44. The highest BCUT2D eigenvalue weighted by atomic mass is 32.1. The zero-order valence-electron chi connectivity index (χ0n) is 17.6. The second-order valence-electron chi connectivity index (χ2n) is 8.25. The van der Waals surface area contributed by atoms with Crippen molar-refractivity contribution >= 4 is 34.0 Å². The number of nitrogens with zero attached hydrogens (tertiary/aromatic N) is 2. The number of piperidine rings is 1. The standard InChI is InChI=1S/C23H26N4O3S/c1-15-10-16(2)12-27(11-15)13-19-14-31-23(25-19)26-21(28)17-5-7-18(8-6-17)24-22(29)20-4-3-9-30-20/h3-9,14-16H,10-13H2,1-2H3,(H,24,29)(H,25,26,28)/t15-,16-/m1/s1. The fourth-order valence-corrected chi connectivity index (χ4v) is 4.76. The molecule has 2 aromatic heterocycles. The minimum atomic E-state index is -0.338. The lowest BCUT2D eigenvalue weighted by atomic mass is 9.92. The van der Waals surface area contributed by atoms with E-state index in [4.69, 9.17) is 4.42 Å². The Labute approximate surface area is 185 Å². The Morgan fingerprint density at radius 1 is 1.10 bits per heavy atom. The van der Waals surface area contributed by atoms with E-state index in [0.717, 1.165) is 25.3 Å². The number of aromatic nitrogens is 1. The van der Waals surface area contributed by atoms with Crippen molar-refractivity contribution in [3.8, 4) is 0 Å². The monoisotopic (exact) mass is 438 g/mol. The zero-order valence-corrected chi connectivity index (χ0v) is 18.4. The summed E-state index contributed by atoms with van der Waals surface area (Å²) in [5, 5.41) is 8.19. The highest BCUT2D eigenvalue weighted by Crippen LogP contribution is 2.24. The smallest absolute Gasteiger partial charge is 0.291 e. The van der Waals surface area contributed by atoms with Crippen LogP contribution in [0.1, 0.15) is 46.9 Å². The highest BCUT2D eigenvalue weighted by Gasteiger charge is 2.22. The van der Waals surface area contributed by atoms with Crippen LogP contribution in [0.4, 0.5) is 10.8 Å². The second kappa shape index (κ2) is 9.45. The van der Waals surface area contributed by atoms with Gasteiger partial charge in [0.1, 0.15) is 0 Å². The van der Waals surface area contributed by atoms with Crippen molar-refractivity contribution in [2.24, 2.45) is 11.8 Å². The molecule has 2 N–H and O–H groups in total. The summed E-state index contributed by atoms with van der Waals surface area (Å²) in [5.74, 6) is 1.07. The number of thiazole rings is 1. The first kappa shape index (κ1) is 21.3. The third kappa shape index (κ3) is 5.59. The van der Waals surface area contributed by atoms with Crippen LogP contribution in [0.3, 0.4) is 0 Å². The maximum atomic E-state index is 12.6. The number of carbonyl (C=O) groups is 2. The fraction of sp³-hybridized carbons (Fsp3) is 0.348. The molecule has 3 aromatic rings. The molecular formula is C23H26N4O3S. The fourth-order valence-electron chi connectivity index (χ4n) is 4.06. The molecule has 0 spiro atoms. The normalized spacial score (nSPS) is 19.2. The van der Waals surface area contributed by atoms with Crippen LogP contribution >= 0.6 is 11.3 Å². The van der Waals surface area contributed by atoms with Gasteiger partial charge in [0.25, 0.3) is 11.8 Å². The third-order valence-corrected chi connectivity index (χ3v) is 6.06. The first-order chi connectivity index (χ1) is 15.0. The van der Waals surface area contributed by atoms with Crippen LogP contribution < -0.4 is 10.6 Å². The summed E-state index contributed by atoms with van der Waals surface area (Å²) in [6.45, 7) is 7.58. The van der Waals surface area contributed by atoms with Crippen molar-refractivity contribution in [1.29, 1.82) is 0 Å². The lowest BCUT2D eigenvalue weighted by Crippen LogP contribution is -2.38. The van der Waals surface area contributed by atoms with E-state index < -0.39 is 0 Å². The molecule has 1 saturated heterocycles. The average molecular weight is 439 g/mol. The molecule has 1 aliphatic rings. The van der Waals surface area contributed by atoms with Crippen LogP contribution in [0.25, 0.3) is 0 Å². The van der Waals surface area contributed by atoms with Gasteiger partial charge in [0.05, 0.1) is 12.0 Å². The van der Waals surface area contributed by atoms with Crippen LogP contribution in [-0.2, 0) is 6.54 Å². The molecule has 31 heavy (non-hydrogen) atoms. The first-order valence-electron chi connectivity index (χ1n) is 10.4. The molecule has 0 unspecified atom stereocenters. The van der Waals surface area contributed by atoms with Gasteiger partial charge in [-0.05, 0) is 54.7 Å². The Bertz CT molecular complexity index is 1020. The molecule has 2 atom stereocenters. The lowest BCUT2D eigenvalue weighted by Gasteiger charge is -2.34. The predicted molar refractivity (Wildman–Crippen MR) is 121 cm³/mol. The van der Waals surface area contributed by atoms with Gasteiger partial charge < -0.3 is 9.73 Å². The summed E-state index contributed by atoms with van der Waals surface area (Å²) < 4.78 is 5.07. The van der Waals surface area contributed by atoms with Gasteiger partial charge in [0.15, 0.2) is 10.9 Å². The van der Waals surface area contributed by atoms with Crippen molar-refractivity contribution in [2.45, 2.75) is 26.8 Å². The number of nitrogens with one attached hydrogen (secondary N) is 2. The van der Waals surface area contributed by atoms with Gasteiger partial charge in [-0.1, -0.05) is 13.8 Å². The summed E-state index contributed by atoms with van der Waals surface area (Å²) in [5.41, 5.74) is 2.06. The van der Waals surface area contributed by atoms with Crippen LogP contribution in [0.5, 0.6) is 0 Å². The number of furan rings is 1. The molecule has 3 heterocycles. The Balaban J connectivity index is 1.32. The largest absolute Gasteiger partial charge is 0.459 e. The molecule has 4 rings (SSSR count). The van der Waals surface area contributed by atoms with Gasteiger partial charge in [-0.15, -0.1) is 11.3 Å². The molecular weight excluding hydrogens is 412 g/mol. The van der Waals surface area contributed by atoms with E-state index in [1.54, 1.807) is 36.4 Å². The van der Waals surface area contributed by atoms with Gasteiger partial charge in [-0.3, -0.25) is 19.8 Å². The maximum Gasteiger partial charge on any atom is 0.291 e. The summed E-state index contributed by atoms with van der Waals surface area (Å²) in [7, 11) is 0. The van der Waals surface area contributed by atoms with Crippen LogP contribution in [0, 0.1) is 11.8 Å². The van der Waals surface area contributed by atoms with Crippen LogP contribution in [0.2, 0.25) is 0 Å². The van der Waals surface area contributed by atoms with Crippen molar-refractivity contribution in [3.63, 3.8) is 0 Å². The number of carbonyl (C=O) groups excluding carboxylic acids is 2. The second-order valence-corrected chi connectivity index (χ2v) is 9.11. The number of hydrogen-bond acceptors (Lipinski definition) is 6. The minimum Gasteiger partial charge on any atom is -0.459 e. The minimum absolute atomic E-state index is 0.231. The number of likely N-dealkylation sites (tertiary alicyclic amines) is 1. The van der Waals surface area contributed by atoms with Crippen LogP contribution in [-0.4, -0.2) is 34.8 Å². The van der Waals surface area contributed by atoms with Gasteiger partial charge in [-0.25, -0.2) is 4.98 Å². The molecule has 162 valence electrons. The van der Waals surface area contributed by atoms with Crippen molar-refractivity contribution < 1.29 is 14.0 Å². The third-order valence-electron chi connectivity index (χ3n) is 5.25. The van der Waals surface area contributed by atoms with E-state index in [0.29, 0.717) is 28.2 Å². The van der Waals surface area contributed by atoms with Crippen molar-refractivity contribution in [1.82, 2.24) is 9.88 Å². The van der Waals surface area contributed by atoms with Gasteiger partial charge in [0.2, 0.25) is 0 Å². The van der Waals surface area contributed by atoms with Crippen LogP contribution in [0.15, 0.2) is 52.5 Å². The van der Waals surface area contributed by atoms with Gasteiger partial charge >= 0.3 is 0 Å². The topological polar surface area (TPSA) is 87.5 Å². The van der Waals surface area contributed by atoms with E-state index in [-0.39, 0.29) is 17.6 Å². The molecule has 1 fully saturated rings. The van der Waals surface area contributed by atoms with E-state index in [1.807, 2.05) is 5.38 Å². The van der Waals surface area contributed by atoms with Gasteiger partial charge in [-0.2, -0.15) is 0 Å². The number of hydrogen-bond donors (Lipinski definition) is 2. The Hall–Kier alpha value is -2.97. The van der Waals surface area contributed by atoms with E-state index in [1.165, 1.54) is 24.0 Å². The number of rotatable bonds is 6. The molecule has 2 amide bonds. The van der Waals surface area contributed by atoms with E-state index >= 15 is 0 Å². The summed E-state index contributed by atoms with van der Waals surface area (Å²) in [6.07, 6.45) is 2.72. The van der Waals surface area contributed by atoms with Gasteiger partial charge in [0, 0.05) is 36.3 Å². The predicted octanol–water partition coefficient (Wildman–Crippen LogP) is 4.72. The summed E-state index contributed by atoms with van der Waals surface area (Å²) in [6, 6.07) is 9.94. The molecule has 0 radical (unpaired) electrons. The first-order valence-corrected chi connectivity index (χ1v) is 11.3. The molecule has 0 aliphatic carbocycles. The quantitative estimate of drug-likeness (QED) is 0.582. The Morgan fingerprint density at radius 2 is 1.84 bits per heavy atom. The lowest BCUT2D eigenvalue weighted by molar-refractivity contribution is 0.0995. The number of amides is 2. The van der Waals surface area contributed by atoms with Crippen molar-refractivity contribution in [3.05, 3.63) is 65.1 Å². The number of benzene rings is 1. The molecule has 0 bridgehead atoms. The summed E-state index contributed by atoms with van der Waals surface area (Å²) in [4.78, 5) is 31.6. The van der Waals surface area contributed by atoms with E-state index in [9.17, 15) is 9.59 Å².